The van der Waals surface area contributed by atoms with Crippen LogP contribution in [0.4, 0.5) is 0 Å². The molecule has 1 rings (SSSR count). The SMILES string of the molecule is CCCCCN1CCC1C(=O)OC. The molecule has 1 saturated heterocycles. The summed E-state index contributed by atoms with van der Waals surface area (Å²) in [5.41, 5.74) is 0. The summed E-state index contributed by atoms with van der Waals surface area (Å²) < 4.78 is 4.71. The van der Waals surface area contributed by atoms with Crippen LogP contribution in [0.3, 0.4) is 0 Å². The maximum absolute atomic E-state index is 11.2. The highest BCUT2D eigenvalue weighted by molar-refractivity contribution is 5.76. The van der Waals surface area contributed by atoms with Crippen molar-refractivity contribution in [2.75, 3.05) is 20.2 Å². The Morgan fingerprint density at radius 2 is 2.31 bits per heavy atom. The molecule has 1 atom stereocenters. The number of unbranched alkanes of at least 4 members (excludes halogenated alkanes) is 2. The van der Waals surface area contributed by atoms with E-state index in [9.17, 15) is 4.79 Å². The van der Waals surface area contributed by atoms with E-state index in [0.717, 1.165) is 19.5 Å². The van der Waals surface area contributed by atoms with Gasteiger partial charge in [0.15, 0.2) is 0 Å². The first-order chi connectivity index (χ1) is 6.29. The van der Waals surface area contributed by atoms with E-state index >= 15 is 0 Å². The highest BCUT2D eigenvalue weighted by atomic mass is 16.5. The van der Waals surface area contributed by atoms with Crippen molar-refractivity contribution in [1.82, 2.24) is 4.90 Å². The van der Waals surface area contributed by atoms with E-state index in [4.69, 9.17) is 4.74 Å². The molecule has 0 spiro atoms. The van der Waals surface area contributed by atoms with Gasteiger partial charge in [-0.3, -0.25) is 9.69 Å². The lowest BCUT2D eigenvalue weighted by molar-refractivity contribution is -0.151. The number of likely N-dealkylation sites (tertiary alicyclic amines) is 1. The van der Waals surface area contributed by atoms with Gasteiger partial charge < -0.3 is 4.74 Å². The number of nitrogens with zero attached hydrogens (tertiary/aromatic N) is 1. The van der Waals surface area contributed by atoms with Crippen LogP contribution in [0.5, 0.6) is 0 Å². The van der Waals surface area contributed by atoms with E-state index in [1.54, 1.807) is 0 Å². The van der Waals surface area contributed by atoms with Crippen LogP contribution in [0.2, 0.25) is 0 Å². The topological polar surface area (TPSA) is 29.5 Å². The molecule has 0 bridgehead atoms. The first-order valence-corrected chi connectivity index (χ1v) is 5.11. The quantitative estimate of drug-likeness (QED) is 0.479. The van der Waals surface area contributed by atoms with Crippen LogP contribution in [0.25, 0.3) is 0 Å². The third-order valence-corrected chi connectivity index (χ3v) is 2.65. The number of hydrogen-bond donors (Lipinski definition) is 0. The summed E-state index contributed by atoms with van der Waals surface area (Å²) in [4.78, 5) is 13.4. The van der Waals surface area contributed by atoms with E-state index in [2.05, 4.69) is 11.8 Å². The number of esters is 1. The molecule has 0 aromatic heterocycles. The van der Waals surface area contributed by atoms with E-state index in [-0.39, 0.29) is 12.0 Å². The minimum Gasteiger partial charge on any atom is -0.468 e. The second-order valence-corrected chi connectivity index (χ2v) is 3.57. The number of hydrogen-bond acceptors (Lipinski definition) is 3. The van der Waals surface area contributed by atoms with Gasteiger partial charge in [-0.1, -0.05) is 19.8 Å². The summed E-state index contributed by atoms with van der Waals surface area (Å²) in [5.74, 6) is -0.0669. The summed E-state index contributed by atoms with van der Waals surface area (Å²) in [5, 5.41) is 0. The Balaban J connectivity index is 2.17. The van der Waals surface area contributed by atoms with Crippen molar-refractivity contribution in [1.29, 1.82) is 0 Å². The van der Waals surface area contributed by atoms with Crippen molar-refractivity contribution in [3.8, 4) is 0 Å². The summed E-state index contributed by atoms with van der Waals surface area (Å²) in [6.07, 6.45) is 4.66. The third-order valence-electron chi connectivity index (χ3n) is 2.65. The van der Waals surface area contributed by atoms with Gasteiger partial charge in [0.25, 0.3) is 0 Å². The molecular formula is C10H19NO2. The van der Waals surface area contributed by atoms with Crippen molar-refractivity contribution < 1.29 is 9.53 Å². The Morgan fingerprint density at radius 1 is 1.54 bits per heavy atom. The van der Waals surface area contributed by atoms with Gasteiger partial charge in [-0.25, -0.2) is 0 Å². The summed E-state index contributed by atoms with van der Waals surface area (Å²) in [7, 11) is 1.46. The normalized spacial score (nSPS) is 22.5. The van der Waals surface area contributed by atoms with Crippen molar-refractivity contribution in [3.63, 3.8) is 0 Å². The molecule has 0 aromatic rings. The first-order valence-electron chi connectivity index (χ1n) is 5.11. The molecule has 0 aromatic carbocycles. The zero-order chi connectivity index (χ0) is 9.68. The lowest BCUT2D eigenvalue weighted by atomic mass is 10.0. The van der Waals surface area contributed by atoms with Gasteiger partial charge in [0.05, 0.1) is 7.11 Å². The van der Waals surface area contributed by atoms with Gasteiger partial charge in [0.1, 0.15) is 6.04 Å². The Bertz CT molecular complexity index is 170. The fourth-order valence-electron chi connectivity index (χ4n) is 1.68. The van der Waals surface area contributed by atoms with E-state index < -0.39 is 0 Å². The van der Waals surface area contributed by atoms with Crippen LogP contribution in [0, 0.1) is 0 Å². The monoisotopic (exact) mass is 185 g/mol. The Hall–Kier alpha value is -0.570. The molecule has 0 N–H and O–H groups in total. The van der Waals surface area contributed by atoms with Crippen molar-refractivity contribution in [2.24, 2.45) is 0 Å². The van der Waals surface area contributed by atoms with Crippen LogP contribution in [-0.4, -0.2) is 37.1 Å². The number of ether oxygens (including phenoxy) is 1. The largest absolute Gasteiger partial charge is 0.468 e. The number of methoxy groups -OCH3 is 1. The second-order valence-electron chi connectivity index (χ2n) is 3.57. The number of carbonyl (C=O) groups is 1. The van der Waals surface area contributed by atoms with Crippen molar-refractivity contribution >= 4 is 5.97 Å². The van der Waals surface area contributed by atoms with Crippen LogP contribution in [0.1, 0.15) is 32.6 Å². The zero-order valence-corrected chi connectivity index (χ0v) is 8.58. The molecule has 1 aliphatic heterocycles. The molecule has 1 fully saturated rings. The Labute approximate surface area is 80.1 Å². The van der Waals surface area contributed by atoms with Crippen molar-refractivity contribution in [2.45, 2.75) is 38.6 Å². The summed E-state index contributed by atoms with van der Waals surface area (Å²) in [6, 6.07) is 0.0573. The van der Waals surface area contributed by atoms with Crippen LogP contribution >= 0.6 is 0 Å². The van der Waals surface area contributed by atoms with Crippen LogP contribution in [0.15, 0.2) is 0 Å². The van der Waals surface area contributed by atoms with Gasteiger partial charge in [-0.05, 0) is 19.4 Å². The standard InChI is InChI=1S/C10H19NO2/c1-3-4-5-7-11-8-6-9(11)10(12)13-2/h9H,3-8H2,1-2H3. The molecule has 13 heavy (non-hydrogen) atoms. The molecule has 0 amide bonds. The molecule has 1 unspecified atom stereocenters. The molecule has 0 radical (unpaired) electrons. The molecule has 1 heterocycles. The van der Waals surface area contributed by atoms with Crippen LogP contribution < -0.4 is 0 Å². The van der Waals surface area contributed by atoms with E-state index in [1.807, 2.05) is 0 Å². The van der Waals surface area contributed by atoms with E-state index in [1.165, 1.54) is 26.4 Å². The zero-order valence-electron chi connectivity index (χ0n) is 8.58. The predicted molar refractivity (Wildman–Crippen MR) is 51.5 cm³/mol. The Kier molecular flexibility index (Phi) is 4.22. The fourth-order valence-corrected chi connectivity index (χ4v) is 1.68. The summed E-state index contributed by atoms with van der Waals surface area (Å²) in [6.45, 7) is 4.30. The summed E-state index contributed by atoms with van der Waals surface area (Å²) >= 11 is 0. The highest BCUT2D eigenvalue weighted by Gasteiger charge is 2.33. The van der Waals surface area contributed by atoms with Gasteiger partial charge in [0.2, 0.25) is 0 Å². The second kappa shape index (κ2) is 5.22. The molecule has 3 nitrogen and oxygen atoms in total. The third kappa shape index (κ3) is 2.69. The lowest BCUT2D eigenvalue weighted by Crippen LogP contribution is -2.52. The smallest absolute Gasteiger partial charge is 0.323 e. The number of rotatable bonds is 5. The molecule has 0 saturated carbocycles. The maximum Gasteiger partial charge on any atom is 0.323 e. The molecule has 76 valence electrons. The molecular weight excluding hydrogens is 166 g/mol. The Morgan fingerprint density at radius 3 is 2.77 bits per heavy atom. The maximum atomic E-state index is 11.2. The van der Waals surface area contributed by atoms with Gasteiger partial charge in [0, 0.05) is 6.54 Å². The average molecular weight is 185 g/mol. The van der Waals surface area contributed by atoms with Gasteiger partial charge >= 0.3 is 5.97 Å². The molecule has 3 heteroatoms. The van der Waals surface area contributed by atoms with Crippen molar-refractivity contribution in [3.05, 3.63) is 0 Å². The fraction of sp³-hybridized carbons (Fsp3) is 0.900. The lowest BCUT2D eigenvalue weighted by Gasteiger charge is -2.38. The highest BCUT2D eigenvalue weighted by Crippen LogP contribution is 2.18. The van der Waals surface area contributed by atoms with Gasteiger partial charge in [-0.2, -0.15) is 0 Å². The van der Waals surface area contributed by atoms with Gasteiger partial charge in [-0.15, -0.1) is 0 Å². The minimum absolute atomic E-state index is 0.0573. The van der Waals surface area contributed by atoms with Crippen LogP contribution in [-0.2, 0) is 9.53 Å². The average Bonchev–Trinajstić information content (AvgIpc) is 2.10. The molecule has 1 aliphatic rings. The van der Waals surface area contributed by atoms with E-state index in [0.29, 0.717) is 0 Å². The predicted octanol–water partition coefficient (Wildman–Crippen LogP) is 1.42. The minimum atomic E-state index is -0.0669. The first kappa shape index (κ1) is 10.5. The molecule has 0 aliphatic carbocycles. The number of carbonyl (C=O) groups excluding carboxylic acids is 1.